The fraction of sp³-hybridized carbons (Fsp3) is 0.286. The molecule has 0 spiro atoms. The Morgan fingerprint density at radius 3 is 2.38 bits per heavy atom. The third-order valence-electron chi connectivity index (χ3n) is 1.37. The van der Waals surface area contributed by atoms with E-state index in [0.29, 0.717) is 15.5 Å². The van der Waals surface area contributed by atoms with Gasteiger partial charge in [-0.3, -0.25) is 0 Å². The maximum atomic E-state index is 12.4. The Bertz CT molecular complexity index is 294. The van der Waals surface area contributed by atoms with Gasteiger partial charge in [-0.1, -0.05) is 31.9 Å². The van der Waals surface area contributed by atoms with Crippen LogP contribution in [0.4, 0.5) is 8.78 Å². The molecule has 0 unspecified atom stereocenters. The minimum Gasteiger partial charge on any atom is -0.244 e. The van der Waals surface area contributed by atoms with Crippen molar-refractivity contribution in [1.82, 2.24) is 4.98 Å². The lowest BCUT2D eigenvalue weighted by atomic mass is 10.3. The number of halogens is 5. The first-order chi connectivity index (χ1) is 6.06. The highest BCUT2D eigenvalue weighted by Crippen LogP contribution is 2.33. The molecule has 0 atom stereocenters. The monoisotopic (exact) mass is 377 g/mol. The Hall–Kier alpha value is 0.450. The summed E-state index contributed by atoms with van der Waals surface area (Å²) in [5.41, 5.74) is 0.591. The maximum absolute atomic E-state index is 12.4. The smallest absolute Gasteiger partial charge is 0.244 e. The van der Waals surface area contributed by atoms with E-state index in [0.717, 1.165) is 0 Å². The van der Waals surface area contributed by atoms with E-state index in [4.69, 9.17) is 0 Å². The summed E-state index contributed by atoms with van der Waals surface area (Å²) >= 11 is 9.26. The van der Waals surface area contributed by atoms with E-state index < -0.39 is 6.43 Å². The van der Waals surface area contributed by atoms with Gasteiger partial charge in [0.15, 0.2) is 0 Å². The molecular weight excluding hydrogens is 376 g/mol. The van der Waals surface area contributed by atoms with Crippen LogP contribution in [0, 0.1) is 0 Å². The predicted molar refractivity (Wildman–Crippen MR) is 57.2 cm³/mol. The van der Waals surface area contributed by atoms with Gasteiger partial charge in [0.05, 0.1) is 11.3 Å². The van der Waals surface area contributed by atoms with Crippen molar-refractivity contribution in [2.45, 2.75) is 11.8 Å². The molecular formula is C7H4Br3F2N. The minimum absolute atomic E-state index is 0.107. The largest absolute Gasteiger partial charge is 0.267 e. The lowest BCUT2D eigenvalue weighted by Crippen LogP contribution is -1.95. The van der Waals surface area contributed by atoms with Gasteiger partial charge in [0, 0.05) is 9.80 Å². The fourth-order valence-corrected chi connectivity index (χ4v) is 2.60. The summed E-state index contributed by atoms with van der Waals surface area (Å²) in [5.74, 6) is 0. The first kappa shape index (κ1) is 11.5. The molecule has 0 N–H and O–H groups in total. The second kappa shape index (κ2) is 4.79. The van der Waals surface area contributed by atoms with E-state index in [9.17, 15) is 8.78 Å². The highest BCUT2D eigenvalue weighted by Gasteiger charge is 2.17. The predicted octanol–water partition coefficient (Wildman–Crippen LogP) is 4.44. The summed E-state index contributed by atoms with van der Waals surface area (Å²) in [6.07, 6.45) is -2.53. The molecule has 0 amide bonds. The maximum Gasteiger partial charge on any atom is 0.267 e. The van der Waals surface area contributed by atoms with Gasteiger partial charge in [-0.05, 0) is 22.0 Å². The molecule has 13 heavy (non-hydrogen) atoms. The third-order valence-corrected chi connectivity index (χ3v) is 3.20. The summed E-state index contributed by atoms with van der Waals surface area (Å²) < 4.78 is 25.4. The van der Waals surface area contributed by atoms with Gasteiger partial charge in [0.2, 0.25) is 0 Å². The molecule has 1 heterocycles. The van der Waals surface area contributed by atoms with Crippen molar-refractivity contribution in [2.75, 3.05) is 0 Å². The Morgan fingerprint density at radius 2 is 2.00 bits per heavy atom. The molecule has 0 fully saturated rings. The van der Waals surface area contributed by atoms with Crippen molar-refractivity contribution >= 4 is 47.8 Å². The SMILES string of the molecule is FC(F)c1c(Br)cc(CBr)nc1Br. The van der Waals surface area contributed by atoms with E-state index in [1.165, 1.54) is 0 Å². The number of alkyl halides is 3. The zero-order valence-corrected chi connectivity index (χ0v) is 11.0. The van der Waals surface area contributed by atoms with Crippen molar-refractivity contribution < 1.29 is 8.78 Å². The van der Waals surface area contributed by atoms with Crippen molar-refractivity contribution in [3.63, 3.8) is 0 Å². The number of rotatable bonds is 2. The molecule has 0 aliphatic rings. The molecule has 0 radical (unpaired) electrons. The van der Waals surface area contributed by atoms with Crippen LogP contribution >= 0.6 is 47.8 Å². The lowest BCUT2D eigenvalue weighted by Gasteiger charge is -2.06. The number of nitrogens with zero attached hydrogens (tertiary/aromatic N) is 1. The third kappa shape index (κ3) is 2.70. The standard InChI is InChI=1S/C7H4Br3F2N/c8-2-3-1-4(9)5(7(11)12)6(10)13-3/h1,7H,2H2. The van der Waals surface area contributed by atoms with Crippen LogP contribution in [0.2, 0.25) is 0 Å². The first-order valence-corrected chi connectivity index (χ1v) is 5.96. The van der Waals surface area contributed by atoms with Crippen LogP contribution in [0.1, 0.15) is 17.7 Å². The highest BCUT2D eigenvalue weighted by molar-refractivity contribution is 9.11. The van der Waals surface area contributed by atoms with Gasteiger partial charge in [-0.25, -0.2) is 13.8 Å². The van der Waals surface area contributed by atoms with Crippen molar-refractivity contribution in [3.8, 4) is 0 Å². The van der Waals surface area contributed by atoms with Gasteiger partial charge < -0.3 is 0 Å². The van der Waals surface area contributed by atoms with Crippen molar-refractivity contribution in [2.24, 2.45) is 0 Å². The van der Waals surface area contributed by atoms with E-state index in [1.807, 2.05) is 0 Å². The number of aromatic nitrogens is 1. The zero-order valence-electron chi connectivity index (χ0n) is 6.20. The highest BCUT2D eigenvalue weighted by atomic mass is 79.9. The first-order valence-electron chi connectivity index (χ1n) is 3.25. The van der Waals surface area contributed by atoms with Crippen LogP contribution in [0.15, 0.2) is 15.1 Å². The summed E-state index contributed by atoms with van der Waals surface area (Å²) in [4.78, 5) is 3.93. The molecule has 0 aromatic carbocycles. The number of hydrogen-bond acceptors (Lipinski definition) is 1. The summed E-state index contributed by atoms with van der Waals surface area (Å²) in [6.45, 7) is 0. The summed E-state index contributed by atoms with van der Waals surface area (Å²) in [5, 5.41) is 0.535. The van der Waals surface area contributed by atoms with E-state index in [-0.39, 0.29) is 10.2 Å². The summed E-state index contributed by atoms with van der Waals surface area (Å²) in [6, 6.07) is 1.57. The lowest BCUT2D eigenvalue weighted by molar-refractivity contribution is 0.149. The van der Waals surface area contributed by atoms with Crippen molar-refractivity contribution in [1.29, 1.82) is 0 Å². The van der Waals surface area contributed by atoms with Crippen LogP contribution in [-0.4, -0.2) is 4.98 Å². The normalized spacial score (nSPS) is 10.9. The molecule has 1 aromatic rings. The van der Waals surface area contributed by atoms with Crippen LogP contribution < -0.4 is 0 Å². The van der Waals surface area contributed by atoms with Crippen LogP contribution in [0.25, 0.3) is 0 Å². The molecule has 0 bridgehead atoms. The van der Waals surface area contributed by atoms with Crippen LogP contribution in [0.3, 0.4) is 0 Å². The van der Waals surface area contributed by atoms with Gasteiger partial charge in [-0.2, -0.15) is 0 Å². The molecule has 6 heteroatoms. The average Bonchev–Trinajstić information content (AvgIpc) is 2.02. The molecule has 0 saturated carbocycles. The zero-order chi connectivity index (χ0) is 10.0. The Morgan fingerprint density at radius 1 is 1.38 bits per heavy atom. The molecule has 1 nitrogen and oxygen atoms in total. The number of pyridine rings is 1. The Balaban J connectivity index is 3.23. The molecule has 72 valence electrons. The average molecular weight is 380 g/mol. The topological polar surface area (TPSA) is 12.9 Å². The Labute approximate surface area is 99.3 Å². The second-order valence-electron chi connectivity index (χ2n) is 2.23. The fourth-order valence-electron chi connectivity index (χ4n) is 0.804. The van der Waals surface area contributed by atoms with Gasteiger partial charge in [-0.15, -0.1) is 0 Å². The minimum atomic E-state index is -2.53. The number of hydrogen-bond donors (Lipinski definition) is 0. The molecule has 0 aliphatic heterocycles. The Kier molecular flexibility index (Phi) is 4.25. The van der Waals surface area contributed by atoms with E-state index in [2.05, 4.69) is 52.8 Å². The molecule has 1 aromatic heterocycles. The van der Waals surface area contributed by atoms with Crippen LogP contribution in [-0.2, 0) is 5.33 Å². The van der Waals surface area contributed by atoms with E-state index in [1.54, 1.807) is 6.07 Å². The van der Waals surface area contributed by atoms with Gasteiger partial charge >= 0.3 is 0 Å². The quantitative estimate of drug-likeness (QED) is 0.547. The van der Waals surface area contributed by atoms with E-state index >= 15 is 0 Å². The molecule has 0 aliphatic carbocycles. The summed E-state index contributed by atoms with van der Waals surface area (Å²) in [7, 11) is 0. The molecule has 1 rings (SSSR count). The van der Waals surface area contributed by atoms with Gasteiger partial charge in [0.1, 0.15) is 4.60 Å². The van der Waals surface area contributed by atoms with Gasteiger partial charge in [0.25, 0.3) is 6.43 Å². The molecule has 0 saturated heterocycles. The second-order valence-corrected chi connectivity index (χ2v) is 4.40. The van der Waals surface area contributed by atoms with Crippen LogP contribution in [0.5, 0.6) is 0 Å². The van der Waals surface area contributed by atoms with Crippen molar-refractivity contribution in [3.05, 3.63) is 26.4 Å².